The summed E-state index contributed by atoms with van der Waals surface area (Å²) in [5.74, 6) is 0.825. The highest BCUT2D eigenvalue weighted by Gasteiger charge is 2.43. The molecule has 0 spiro atoms. The highest BCUT2D eigenvalue weighted by Crippen LogP contribution is 2.39. The van der Waals surface area contributed by atoms with E-state index in [0.29, 0.717) is 36.6 Å². The molecule has 5 unspecified atom stereocenters. The lowest BCUT2D eigenvalue weighted by Gasteiger charge is -2.41. The van der Waals surface area contributed by atoms with Gasteiger partial charge in [0.05, 0.1) is 5.92 Å². The van der Waals surface area contributed by atoms with Gasteiger partial charge in [-0.15, -0.1) is 0 Å². The van der Waals surface area contributed by atoms with E-state index in [1.807, 2.05) is 0 Å². The third-order valence-corrected chi connectivity index (χ3v) is 5.61. The molecular formula is C17H30F3N. The van der Waals surface area contributed by atoms with Gasteiger partial charge in [-0.1, -0.05) is 33.6 Å². The standard InChI is InChI=1S/C17H30F3N/c1-11(2)15-8-7-12(3)9-16(15)21-14-6-4-5-13(10-14)17(18,19)20/h11-16,21H,4-10H2,1-3H3. The predicted octanol–water partition coefficient (Wildman–Crippen LogP) is 5.16. The Balaban J connectivity index is 1.95. The topological polar surface area (TPSA) is 12.0 Å². The van der Waals surface area contributed by atoms with Gasteiger partial charge in [0.25, 0.3) is 0 Å². The van der Waals surface area contributed by atoms with E-state index in [4.69, 9.17) is 0 Å². The molecule has 0 aliphatic heterocycles. The van der Waals surface area contributed by atoms with E-state index in [9.17, 15) is 13.2 Å². The van der Waals surface area contributed by atoms with Gasteiger partial charge in [-0.2, -0.15) is 13.2 Å². The number of hydrogen-bond acceptors (Lipinski definition) is 1. The van der Waals surface area contributed by atoms with Crippen molar-refractivity contribution in [3.05, 3.63) is 0 Å². The molecule has 2 rings (SSSR count). The molecule has 2 aliphatic rings. The molecule has 4 heteroatoms. The molecular weight excluding hydrogens is 275 g/mol. The van der Waals surface area contributed by atoms with Gasteiger partial charge in [0.15, 0.2) is 0 Å². The van der Waals surface area contributed by atoms with Crippen LogP contribution in [0.15, 0.2) is 0 Å². The maximum absolute atomic E-state index is 12.9. The number of nitrogens with one attached hydrogen (secondary N) is 1. The van der Waals surface area contributed by atoms with Crippen molar-refractivity contribution in [2.24, 2.45) is 23.7 Å². The molecule has 0 aromatic rings. The molecule has 0 saturated heterocycles. The van der Waals surface area contributed by atoms with Crippen molar-refractivity contribution in [2.75, 3.05) is 0 Å². The lowest BCUT2D eigenvalue weighted by molar-refractivity contribution is -0.184. The Morgan fingerprint density at radius 1 is 1.00 bits per heavy atom. The van der Waals surface area contributed by atoms with E-state index in [-0.39, 0.29) is 12.5 Å². The van der Waals surface area contributed by atoms with Crippen molar-refractivity contribution in [3.8, 4) is 0 Å². The Morgan fingerprint density at radius 2 is 1.71 bits per heavy atom. The molecule has 0 radical (unpaired) electrons. The maximum atomic E-state index is 12.9. The third kappa shape index (κ3) is 4.61. The number of alkyl halides is 3. The van der Waals surface area contributed by atoms with Gasteiger partial charge in [-0.25, -0.2) is 0 Å². The molecule has 0 aromatic carbocycles. The predicted molar refractivity (Wildman–Crippen MR) is 80.1 cm³/mol. The van der Waals surface area contributed by atoms with Gasteiger partial charge < -0.3 is 5.32 Å². The maximum Gasteiger partial charge on any atom is 0.391 e. The van der Waals surface area contributed by atoms with Crippen molar-refractivity contribution in [1.29, 1.82) is 0 Å². The summed E-state index contributed by atoms with van der Waals surface area (Å²) in [5.41, 5.74) is 0. The van der Waals surface area contributed by atoms with Crippen LogP contribution in [0.2, 0.25) is 0 Å². The van der Waals surface area contributed by atoms with Crippen molar-refractivity contribution in [3.63, 3.8) is 0 Å². The normalized spacial score (nSPS) is 38.7. The Labute approximate surface area is 127 Å². The van der Waals surface area contributed by atoms with Crippen LogP contribution in [0.3, 0.4) is 0 Å². The van der Waals surface area contributed by atoms with Crippen LogP contribution >= 0.6 is 0 Å². The van der Waals surface area contributed by atoms with Gasteiger partial charge in [-0.3, -0.25) is 0 Å². The summed E-state index contributed by atoms with van der Waals surface area (Å²) in [5, 5.41) is 3.62. The molecule has 5 atom stereocenters. The molecule has 2 aliphatic carbocycles. The van der Waals surface area contributed by atoms with Gasteiger partial charge >= 0.3 is 6.18 Å². The highest BCUT2D eigenvalue weighted by atomic mass is 19.4. The van der Waals surface area contributed by atoms with Gasteiger partial charge in [0.2, 0.25) is 0 Å². The fourth-order valence-electron chi connectivity index (χ4n) is 4.34. The zero-order valence-corrected chi connectivity index (χ0v) is 13.5. The van der Waals surface area contributed by atoms with Crippen molar-refractivity contribution in [1.82, 2.24) is 5.32 Å². The largest absolute Gasteiger partial charge is 0.391 e. The third-order valence-electron chi connectivity index (χ3n) is 5.61. The molecule has 21 heavy (non-hydrogen) atoms. The minimum Gasteiger partial charge on any atom is -0.311 e. The van der Waals surface area contributed by atoms with E-state index >= 15 is 0 Å². The van der Waals surface area contributed by atoms with Crippen LogP contribution < -0.4 is 5.32 Å². The average molecular weight is 305 g/mol. The minimum absolute atomic E-state index is 0.0573. The van der Waals surface area contributed by atoms with E-state index in [2.05, 4.69) is 26.1 Å². The monoisotopic (exact) mass is 305 g/mol. The Hall–Kier alpha value is -0.250. The van der Waals surface area contributed by atoms with Crippen molar-refractivity contribution < 1.29 is 13.2 Å². The molecule has 0 bridgehead atoms. The van der Waals surface area contributed by atoms with E-state index in [1.165, 1.54) is 12.8 Å². The SMILES string of the molecule is CC1CCC(C(C)C)C(NC2CCCC(C(F)(F)F)C2)C1. The number of halogens is 3. The fraction of sp³-hybridized carbons (Fsp3) is 1.00. The fourth-order valence-corrected chi connectivity index (χ4v) is 4.34. The van der Waals surface area contributed by atoms with Gasteiger partial charge in [0, 0.05) is 12.1 Å². The second-order valence-corrected chi connectivity index (χ2v) is 7.70. The molecule has 2 fully saturated rings. The average Bonchev–Trinajstić information content (AvgIpc) is 2.37. The van der Waals surface area contributed by atoms with Crippen LogP contribution in [0.5, 0.6) is 0 Å². The summed E-state index contributed by atoms with van der Waals surface area (Å²) in [6.45, 7) is 6.76. The molecule has 1 N–H and O–H groups in total. The molecule has 0 heterocycles. The molecule has 124 valence electrons. The lowest BCUT2D eigenvalue weighted by Crippen LogP contribution is -2.49. The Kier molecular flexibility index (Phi) is 5.61. The summed E-state index contributed by atoms with van der Waals surface area (Å²) in [4.78, 5) is 0. The smallest absolute Gasteiger partial charge is 0.311 e. The van der Waals surface area contributed by atoms with Crippen LogP contribution in [-0.4, -0.2) is 18.3 Å². The number of hydrogen-bond donors (Lipinski definition) is 1. The second kappa shape index (κ2) is 6.89. The van der Waals surface area contributed by atoms with Crippen LogP contribution in [0.4, 0.5) is 13.2 Å². The van der Waals surface area contributed by atoms with Gasteiger partial charge in [-0.05, 0) is 49.9 Å². The first-order chi connectivity index (χ1) is 9.77. The first-order valence-corrected chi connectivity index (χ1v) is 8.60. The van der Waals surface area contributed by atoms with Crippen LogP contribution in [0, 0.1) is 23.7 Å². The zero-order chi connectivity index (χ0) is 15.6. The summed E-state index contributed by atoms with van der Waals surface area (Å²) < 4.78 is 38.8. The summed E-state index contributed by atoms with van der Waals surface area (Å²) in [7, 11) is 0. The zero-order valence-electron chi connectivity index (χ0n) is 13.5. The van der Waals surface area contributed by atoms with E-state index in [0.717, 1.165) is 12.8 Å². The molecule has 0 amide bonds. The van der Waals surface area contributed by atoms with Gasteiger partial charge in [0.1, 0.15) is 0 Å². The lowest BCUT2D eigenvalue weighted by atomic mass is 9.73. The number of rotatable bonds is 3. The summed E-state index contributed by atoms with van der Waals surface area (Å²) >= 11 is 0. The van der Waals surface area contributed by atoms with Crippen molar-refractivity contribution >= 4 is 0 Å². The second-order valence-electron chi connectivity index (χ2n) is 7.70. The highest BCUT2D eigenvalue weighted by molar-refractivity contribution is 4.90. The molecule has 1 nitrogen and oxygen atoms in total. The van der Waals surface area contributed by atoms with E-state index in [1.54, 1.807) is 0 Å². The van der Waals surface area contributed by atoms with Crippen LogP contribution in [0.25, 0.3) is 0 Å². The quantitative estimate of drug-likeness (QED) is 0.759. The Bertz CT molecular complexity index is 326. The first-order valence-electron chi connectivity index (χ1n) is 8.60. The molecule has 0 aromatic heterocycles. The van der Waals surface area contributed by atoms with Crippen LogP contribution in [-0.2, 0) is 0 Å². The Morgan fingerprint density at radius 3 is 2.33 bits per heavy atom. The summed E-state index contributed by atoms with van der Waals surface area (Å²) in [6.07, 6.45) is 1.78. The summed E-state index contributed by atoms with van der Waals surface area (Å²) in [6, 6.07) is 0.465. The van der Waals surface area contributed by atoms with Crippen molar-refractivity contribution in [2.45, 2.75) is 84.0 Å². The van der Waals surface area contributed by atoms with Crippen LogP contribution in [0.1, 0.15) is 65.7 Å². The molecule has 2 saturated carbocycles. The first kappa shape index (κ1) is 17.1. The van der Waals surface area contributed by atoms with E-state index < -0.39 is 12.1 Å². The minimum atomic E-state index is -4.02.